The van der Waals surface area contributed by atoms with Crippen LogP contribution < -0.4 is 4.73 Å². The molecule has 0 aliphatic heterocycles. The molecule has 0 fully saturated rings. The molecular formula is C10H3ClF2N2O. The van der Waals surface area contributed by atoms with Crippen LogP contribution in [0.4, 0.5) is 8.78 Å². The highest BCUT2D eigenvalue weighted by Gasteiger charge is 2.19. The van der Waals surface area contributed by atoms with E-state index in [1.165, 1.54) is 0 Å². The van der Waals surface area contributed by atoms with E-state index in [4.69, 9.17) is 16.9 Å². The Kier molecular flexibility index (Phi) is 2.37. The molecule has 0 aliphatic carbocycles. The summed E-state index contributed by atoms with van der Waals surface area (Å²) in [6.45, 7) is 0. The lowest BCUT2D eigenvalue weighted by Gasteiger charge is -2.05. The van der Waals surface area contributed by atoms with Crippen LogP contribution in [0.5, 0.6) is 0 Å². The number of halogens is 3. The van der Waals surface area contributed by atoms with E-state index in [1.54, 1.807) is 6.07 Å². The van der Waals surface area contributed by atoms with Crippen molar-refractivity contribution in [3.63, 3.8) is 0 Å². The van der Waals surface area contributed by atoms with Crippen molar-refractivity contribution in [2.24, 2.45) is 0 Å². The standard InChI is InChI=1S/C10H3ClF2N2O/c11-10-5(4-14)3-6-8(15(10)16)2-1-7(12)9(6)13/h1-3H. The Morgan fingerprint density at radius 2 is 2.06 bits per heavy atom. The summed E-state index contributed by atoms with van der Waals surface area (Å²) < 4.78 is 26.5. The normalized spacial score (nSPS) is 10.4. The Hall–Kier alpha value is -1.93. The van der Waals surface area contributed by atoms with E-state index in [1.807, 2.05) is 0 Å². The van der Waals surface area contributed by atoms with Gasteiger partial charge in [-0.15, -0.1) is 0 Å². The molecular weight excluding hydrogens is 238 g/mol. The van der Waals surface area contributed by atoms with Crippen LogP contribution in [0.15, 0.2) is 18.2 Å². The summed E-state index contributed by atoms with van der Waals surface area (Å²) in [6.07, 6.45) is 0. The quantitative estimate of drug-likeness (QED) is 0.403. The van der Waals surface area contributed by atoms with E-state index >= 15 is 0 Å². The maximum absolute atomic E-state index is 13.3. The second-order valence-electron chi connectivity index (χ2n) is 3.05. The SMILES string of the molecule is N#Cc1cc2c(F)c(F)ccc2[n+]([O-])c1Cl. The van der Waals surface area contributed by atoms with E-state index in [2.05, 4.69) is 0 Å². The minimum absolute atomic E-state index is 0.122. The molecule has 0 bridgehead atoms. The molecule has 0 radical (unpaired) electrons. The zero-order valence-electron chi connectivity index (χ0n) is 7.67. The van der Waals surface area contributed by atoms with Crippen molar-refractivity contribution in [2.45, 2.75) is 0 Å². The number of aromatic nitrogens is 1. The fourth-order valence-electron chi connectivity index (χ4n) is 1.37. The van der Waals surface area contributed by atoms with Gasteiger partial charge in [-0.3, -0.25) is 0 Å². The van der Waals surface area contributed by atoms with Crippen LogP contribution >= 0.6 is 11.6 Å². The summed E-state index contributed by atoms with van der Waals surface area (Å²) in [5.74, 6) is -2.26. The highest BCUT2D eigenvalue weighted by molar-refractivity contribution is 6.29. The summed E-state index contributed by atoms with van der Waals surface area (Å²) >= 11 is 5.58. The van der Waals surface area contributed by atoms with Gasteiger partial charge < -0.3 is 5.21 Å². The summed E-state index contributed by atoms with van der Waals surface area (Å²) in [5.41, 5.74) is -0.323. The van der Waals surface area contributed by atoms with Gasteiger partial charge in [-0.1, -0.05) is 0 Å². The van der Waals surface area contributed by atoms with Gasteiger partial charge in [0, 0.05) is 6.07 Å². The fourth-order valence-corrected chi connectivity index (χ4v) is 1.56. The third-order valence-corrected chi connectivity index (χ3v) is 2.50. The zero-order chi connectivity index (χ0) is 11.9. The van der Waals surface area contributed by atoms with Gasteiger partial charge >= 0.3 is 5.15 Å². The molecule has 1 aromatic carbocycles. The van der Waals surface area contributed by atoms with Gasteiger partial charge in [0.25, 0.3) is 0 Å². The van der Waals surface area contributed by atoms with Crippen molar-refractivity contribution in [1.82, 2.24) is 0 Å². The average Bonchev–Trinajstić information content (AvgIpc) is 2.28. The number of fused-ring (bicyclic) bond motifs is 1. The summed E-state index contributed by atoms with van der Waals surface area (Å²) in [6, 6.07) is 4.61. The number of benzene rings is 1. The molecule has 1 heterocycles. The van der Waals surface area contributed by atoms with Gasteiger partial charge in [0.05, 0.1) is 5.39 Å². The average molecular weight is 241 g/mol. The van der Waals surface area contributed by atoms with E-state index in [0.717, 1.165) is 18.2 Å². The molecule has 0 spiro atoms. The first kappa shape index (κ1) is 10.6. The Bertz CT molecular complexity index is 637. The van der Waals surface area contributed by atoms with Gasteiger partial charge in [0.1, 0.15) is 11.6 Å². The molecule has 0 saturated heterocycles. The third kappa shape index (κ3) is 1.35. The molecule has 0 unspecified atom stereocenters. The summed E-state index contributed by atoms with van der Waals surface area (Å²) in [5, 5.41) is 19.5. The molecule has 2 rings (SSSR count). The molecule has 0 aliphatic rings. The molecule has 1 aromatic heterocycles. The highest BCUT2D eigenvalue weighted by Crippen LogP contribution is 2.22. The molecule has 16 heavy (non-hydrogen) atoms. The van der Waals surface area contributed by atoms with E-state index < -0.39 is 11.6 Å². The minimum atomic E-state index is -1.17. The number of pyridine rings is 1. The monoisotopic (exact) mass is 240 g/mol. The first-order valence-corrected chi connectivity index (χ1v) is 4.54. The van der Waals surface area contributed by atoms with Crippen molar-refractivity contribution in [3.05, 3.63) is 45.8 Å². The second-order valence-corrected chi connectivity index (χ2v) is 3.41. The Labute approximate surface area is 93.7 Å². The number of hydrogen-bond acceptors (Lipinski definition) is 2. The molecule has 0 atom stereocenters. The fraction of sp³-hybridized carbons (Fsp3) is 0. The minimum Gasteiger partial charge on any atom is -0.617 e. The molecule has 80 valence electrons. The van der Waals surface area contributed by atoms with Crippen molar-refractivity contribution < 1.29 is 13.5 Å². The topological polar surface area (TPSA) is 50.7 Å². The number of nitriles is 1. The van der Waals surface area contributed by atoms with Crippen molar-refractivity contribution in [2.75, 3.05) is 0 Å². The summed E-state index contributed by atoms with van der Waals surface area (Å²) in [7, 11) is 0. The smallest absolute Gasteiger partial charge is 0.304 e. The maximum Gasteiger partial charge on any atom is 0.304 e. The van der Waals surface area contributed by atoms with Crippen LogP contribution in [-0.4, -0.2) is 0 Å². The van der Waals surface area contributed by atoms with Crippen molar-refractivity contribution in [1.29, 1.82) is 5.26 Å². The van der Waals surface area contributed by atoms with E-state index in [-0.39, 0.29) is 26.3 Å². The van der Waals surface area contributed by atoms with Crippen LogP contribution in [0.25, 0.3) is 10.9 Å². The molecule has 3 nitrogen and oxygen atoms in total. The lowest BCUT2D eigenvalue weighted by molar-refractivity contribution is -0.574. The summed E-state index contributed by atoms with van der Waals surface area (Å²) in [4.78, 5) is 0. The van der Waals surface area contributed by atoms with Gasteiger partial charge in [-0.2, -0.15) is 9.99 Å². The molecule has 0 N–H and O–H groups in total. The van der Waals surface area contributed by atoms with Crippen LogP contribution in [0.2, 0.25) is 5.15 Å². The zero-order valence-corrected chi connectivity index (χ0v) is 8.42. The third-order valence-electron chi connectivity index (χ3n) is 2.14. The number of rotatable bonds is 0. The lowest BCUT2D eigenvalue weighted by atomic mass is 10.1. The van der Waals surface area contributed by atoms with Crippen LogP contribution in [-0.2, 0) is 0 Å². The van der Waals surface area contributed by atoms with E-state index in [9.17, 15) is 14.0 Å². The van der Waals surface area contributed by atoms with Gasteiger partial charge in [0.15, 0.2) is 11.6 Å². The Morgan fingerprint density at radius 3 is 2.69 bits per heavy atom. The predicted molar refractivity (Wildman–Crippen MR) is 52.5 cm³/mol. The van der Waals surface area contributed by atoms with Crippen molar-refractivity contribution >= 4 is 22.5 Å². The first-order valence-electron chi connectivity index (χ1n) is 4.16. The largest absolute Gasteiger partial charge is 0.617 e. The Morgan fingerprint density at radius 1 is 1.38 bits per heavy atom. The predicted octanol–water partition coefficient (Wildman–Crippen LogP) is 2.28. The highest BCUT2D eigenvalue weighted by atomic mass is 35.5. The maximum atomic E-state index is 13.3. The second kappa shape index (κ2) is 3.58. The van der Waals surface area contributed by atoms with Crippen LogP contribution in [0.1, 0.15) is 5.56 Å². The first-order chi connectivity index (χ1) is 7.56. The lowest BCUT2D eigenvalue weighted by Crippen LogP contribution is -2.29. The van der Waals surface area contributed by atoms with Gasteiger partial charge in [0.2, 0.25) is 5.52 Å². The van der Waals surface area contributed by atoms with E-state index in [0.29, 0.717) is 0 Å². The van der Waals surface area contributed by atoms with Gasteiger partial charge in [-0.05, 0) is 23.7 Å². The molecule has 2 aromatic rings. The van der Waals surface area contributed by atoms with Crippen LogP contribution in [0.3, 0.4) is 0 Å². The van der Waals surface area contributed by atoms with Crippen molar-refractivity contribution in [3.8, 4) is 6.07 Å². The van der Waals surface area contributed by atoms with Crippen LogP contribution in [0, 0.1) is 28.2 Å². The molecule has 0 amide bonds. The molecule has 0 saturated carbocycles. The number of hydrogen-bond donors (Lipinski definition) is 0. The Balaban J connectivity index is 3.00. The van der Waals surface area contributed by atoms with Gasteiger partial charge in [-0.25, -0.2) is 8.78 Å². The number of nitrogens with zero attached hydrogens (tertiary/aromatic N) is 2. The molecule has 6 heteroatoms.